The van der Waals surface area contributed by atoms with Gasteiger partial charge in [0, 0.05) is 29.9 Å². The van der Waals surface area contributed by atoms with Gasteiger partial charge in [-0.25, -0.2) is 9.78 Å². The Morgan fingerprint density at radius 2 is 2.17 bits per heavy atom. The van der Waals surface area contributed by atoms with E-state index in [4.69, 9.17) is 4.74 Å². The number of nitrogens with zero attached hydrogens (tertiary/aromatic N) is 1. The molecule has 0 aliphatic rings. The van der Waals surface area contributed by atoms with Gasteiger partial charge in [0.05, 0.1) is 6.04 Å². The van der Waals surface area contributed by atoms with Crippen molar-refractivity contribution in [2.45, 2.75) is 19.9 Å². The first-order valence-corrected chi connectivity index (χ1v) is 8.29. The van der Waals surface area contributed by atoms with Gasteiger partial charge in [0.2, 0.25) is 0 Å². The fraction of sp³-hybridized carbons (Fsp3) is 0.312. The van der Waals surface area contributed by atoms with Crippen molar-refractivity contribution in [2.24, 2.45) is 0 Å². The monoisotopic (exact) mass is 348 g/mol. The Balaban J connectivity index is 1.90. The first-order chi connectivity index (χ1) is 11.5. The Morgan fingerprint density at radius 1 is 1.38 bits per heavy atom. The van der Waals surface area contributed by atoms with E-state index in [1.807, 2.05) is 19.2 Å². The third-order valence-electron chi connectivity index (χ3n) is 3.10. The number of aryl methyl sites for hydroxylation is 1. The first kappa shape index (κ1) is 17.7. The smallest absolute Gasteiger partial charge is 0.319 e. The van der Waals surface area contributed by atoms with Gasteiger partial charge in [-0.2, -0.15) is 0 Å². The number of benzene rings is 1. The summed E-state index contributed by atoms with van der Waals surface area (Å²) in [5, 5.41) is 10.8. The summed E-state index contributed by atoms with van der Waals surface area (Å²) in [7, 11) is 1.54. The number of nitrogens with one attached hydrogen (secondary N) is 3. The number of urea groups is 1. The maximum absolute atomic E-state index is 12.1. The van der Waals surface area contributed by atoms with E-state index in [0.717, 1.165) is 10.7 Å². The van der Waals surface area contributed by atoms with Gasteiger partial charge in [-0.3, -0.25) is 4.79 Å². The molecule has 3 amide bonds. The number of hydrogen-bond acceptors (Lipinski definition) is 5. The van der Waals surface area contributed by atoms with Crippen molar-refractivity contribution in [3.63, 3.8) is 0 Å². The van der Waals surface area contributed by atoms with Gasteiger partial charge in [0.25, 0.3) is 5.91 Å². The van der Waals surface area contributed by atoms with E-state index in [2.05, 4.69) is 20.9 Å². The molecule has 2 rings (SSSR count). The van der Waals surface area contributed by atoms with Crippen LogP contribution in [0, 0.1) is 6.92 Å². The zero-order chi connectivity index (χ0) is 17.5. The van der Waals surface area contributed by atoms with Gasteiger partial charge in [-0.1, -0.05) is 6.07 Å². The maximum atomic E-state index is 12.1. The Bertz CT molecular complexity index is 717. The lowest BCUT2D eigenvalue weighted by atomic mass is 10.3. The predicted octanol–water partition coefficient (Wildman–Crippen LogP) is 2.46. The topological polar surface area (TPSA) is 92.4 Å². The van der Waals surface area contributed by atoms with Crippen molar-refractivity contribution in [1.29, 1.82) is 0 Å². The SMILES string of the molecule is CNC(=O)COc1cccc(NC(=O)N[C@@H](C)c2nc(C)cs2)c1. The van der Waals surface area contributed by atoms with E-state index < -0.39 is 0 Å². The van der Waals surface area contributed by atoms with Crippen LogP contribution in [0.1, 0.15) is 23.7 Å². The van der Waals surface area contributed by atoms with Crippen molar-refractivity contribution >= 4 is 29.0 Å². The highest BCUT2D eigenvalue weighted by atomic mass is 32.1. The van der Waals surface area contributed by atoms with Crippen LogP contribution in [0.25, 0.3) is 0 Å². The highest BCUT2D eigenvalue weighted by Crippen LogP contribution is 2.19. The van der Waals surface area contributed by atoms with Crippen LogP contribution in [0.5, 0.6) is 5.75 Å². The van der Waals surface area contributed by atoms with Crippen molar-refractivity contribution in [3.8, 4) is 5.75 Å². The average molecular weight is 348 g/mol. The molecule has 128 valence electrons. The third kappa shape index (κ3) is 5.24. The number of thiazole rings is 1. The summed E-state index contributed by atoms with van der Waals surface area (Å²) >= 11 is 1.51. The molecule has 0 aliphatic carbocycles. The Morgan fingerprint density at radius 3 is 2.83 bits per heavy atom. The van der Waals surface area contributed by atoms with Crippen LogP contribution in [0.2, 0.25) is 0 Å². The summed E-state index contributed by atoms with van der Waals surface area (Å²) in [6, 6.07) is 6.33. The molecule has 0 spiro atoms. The second-order valence-corrected chi connectivity index (χ2v) is 6.03. The average Bonchev–Trinajstić information content (AvgIpc) is 2.99. The highest BCUT2D eigenvalue weighted by Gasteiger charge is 2.13. The molecular formula is C16H20N4O3S. The molecule has 7 nitrogen and oxygen atoms in total. The molecule has 0 aliphatic heterocycles. The molecule has 3 N–H and O–H groups in total. The number of rotatable bonds is 6. The van der Waals surface area contributed by atoms with Gasteiger partial charge in [0.1, 0.15) is 10.8 Å². The van der Waals surface area contributed by atoms with Crippen LogP contribution in [0.15, 0.2) is 29.6 Å². The van der Waals surface area contributed by atoms with Crippen molar-refractivity contribution in [3.05, 3.63) is 40.3 Å². The maximum Gasteiger partial charge on any atom is 0.319 e. The Kier molecular flexibility index (Phi) is 6.14. The van der Waals surface area contributed by atoms with Crippen LogP contribution in [0.3, 0.4) is 0 Å². The van der Waals surface area contributed by atoms with Gasteiger partial charge in [-0.05, 0) is 26.0 Å². The van der Waals surface area contributed by atoms with E-state index in [9.17, 15) is 9.59 Å². The van der Waals surface area contributed by atoms with E-state index in [1.54, 1.807) is 31.3 Å². The second-order valence-electron chi connectivity index (χ2n) is 5.14. The molecule has 24 heavy (non-hydrogen) atoms. The van der Waals surface area contributed by atoms with Gasteiger partial charge in [0.15, 0.2) is 6.61 Å². The van der Waals surface area contributed by atoms with Crippen LogP contribution >= 0.6 is 11.3 Å². The summed E-state index contributed by atoms with van der Waals surface area (Å²) in [5.41, 5.74) is 1.51. The molecule has 0 saturated heterocycles. The quantitative estimate of drug-likeness (QED) is 0.748. The molecule has 0 radical (unpaired) electrons. The molecule has 0 bridgehead atoms. The summed E-state index contributed by atoms with van der Waals surface area (Å²) in [6.07, 6.45) is 0. The summed E-state index contributed by atoms with van der Waals surface area (Å²) < 4.78 is 5.34. The Hall–Kier alpha value is -2.61. The fourth-order valence-corrected chi connectivity index (χ4v) is 2.69. The van der Waals surface area contributed by atoms with Crippen molar-refractivity contribution in [2.75, 3.05) is 19.0 Å². The zero-order valence-corrected chi connectivity index (χ0v) is 14.6. The highest BCUT2D eigenvalue weighted by molar-refractivity contribution is 7.09. The summed E-state index contributed by atoms with van der Waals surface area (Å²) in [5.74, 6) is 0.277. The molecule has 0 unspecified atom stereocenters. The molecule has 1 aromatic carbocycles. The predicted molar refractivity (Wildman–Crippen MR) is 93.4 cm³/mol. The molecule has 1 aromatic heterocycles. The number of anilines is 1. The lowest BCUT2D eigenvalue weighted by Crippen LogP contribution is -2.31. The summed E-state index contributed by atoms with van der Waals surface area (Å²) in [4.78, 5) is 27.6. The lowest BCUT2D eigenvalue weighted by Gasteiger charge is -2.13. The minimum atomic E-state index is -0.334. The summed E-state index contributed by atoms with van der Waals surface area (Å²) in [6.45, 7) is 3.71. The normalized spacial score (nSPS) is 11.5. The van der Waals surface area contributed by atoms with E-state index in [1.165, 1.54) is 11.3 Å². The fourth-order valence-electron chi connectivity index (χ4n) is 1.88. The standard InChI is InChI=1S/C16H20N4O3S/c1-10-9-24-15(18-10)11(2)19-16(22)20-12-5-4-6-13(7-12)23-8-14(21)17-3/h4-7,9,11H,8H2,1-3H3,(H,17,21)(H2,19,20,22)/t11-/m0/s1. The van der Waals surface area contributed by atoms with E-state index >= 15 is 0 Å². The van der Waals surface area contributed by atoms with Crippen LogP contribution in [-0.2, 0) is 4.79 Å². The minimum absolute atomic E-state index is 0.0768. The second kappa shape index (κ2) is 8.30. The van der Waals surface area contributed by atoms with Gasteiger partial charge in [-0.15, -0.1) is 11.3 Å². The van der Waals surface area contributed by atoms with E-state index in [-0.39, 0.29) is 24.6 Å². The number of carbonyl (C=O) groups is 2. The third-order valence-corrected chi connectivity index (χ3v) is 4.24. The van der Waals surface area contributed by atoms with Gasteiger partial charge >= 0.3 is 6.03 Å². The zero-order valence-electron chi connectivity index (χ0n) is 13.8. The van der Waals surface area contributed by atoms with Crippen LogP contribution < -0.4 is 20.7 Å². The molecule has 1 heterocycles. The molecule has 1 atom stereocenters. The van der Waals surface area contributed by atoms with Crippen LogP contribution in [0.4, 0.5) is 10.5 Å². The number of amides is 3. The van der Waals surface area contributed by atoms with Crippen molar-refractivity contribution < 1.29 is 14.3 Å². The van der Waals surface area contributed by atoms with Crippen molar-refractivity contribution in [1.82, 2.24) is 15.6 Å². The molecule has 2 aromatic rings. The number of ether oxygens (including phenoxy) is 1. The largest absolute Gasteiger partial charge is 0.484 e. The molecule has 0 fully saturated rings. The Labute approximate surface area is 144 Å². The molecule has 8 heteroatoms. The van der Waals surface area contributed by atoms with Gasteiger partial charge < -0.3 is 20.7 Å². The molecular weight excluding hydrogens is 328 g/mol. The number of aromatic nitrogens is 1. The van der Waals surface area contributed by atoms with E-state index in [0.29, 0.717) is 11.4 Å². The number of likely N-dealkylation sites (N-methyl/N-ethyl adjacent to an activating group) is 1. The number of hydrogen-bond donors (Lipinski definition) is 3. The number of carbonyl (C=O) groups excluding carboxylic acids is 2. The minimum Gasteiger partial charge on any atom is -0.484 e. The molecule has 0 saturated carbocycles. The lowest BCUT2D eigenvalue weighted by molar-refractivity contribution is -0.122. The first-order valence-electron chi connectivity index (χ1n) is 7.41. The van der Waals surface area contributed by atoms with Crippen LogP contribution in [-0.4, -0.2) is 30.6 Å².